The lowest BCUT2D eigenvalue weighted by Gasteiger charge is -2.21. The fourth-order valence-corrected chi connectivity index (χ4v) is 3.34. The van der Waals surface area contributed by atoms with Crippen molar-refractivity contribution in [3.63, 3.8) is 0 Å². The molecular formula is C15H22N6O. The van der Waals surface area contributed by atoms with Crippen LogP contribution in [-0.4, -0.2) is 43.7 Å². The van der Waals surface area contributed by atoms with E-state index in [4.69, 9.17) is 10.3 Å². The number of rotatable bonds is 4. The van der Waals surface area contributed by atoms with Crippen molar-refractivity contribution in [2.45, 2.75) is 43.7 Å². The molecule has 4 rings (SSSR count). The molecule has 1 aliphatic heterocycles. The summed E-state index contributed by atoms with van der Waals surface area (Å²) in [6, 6.07) is 0.101. The molecule has 0 amide bonds. The number of aromatic nitrogens is 4. The quantitative estimate of drug-likeness (QED) is 0.906. The molecule has 0 radical (unpaired) electrons. The first-order chi connectivity index (χ1) is 10.7. The van der Waals surface area contributed by atoms with Gasteiger partial charge in [-0.25, -0.2) is 4.98 Å². The minimum atomic E-state index is 0.101. The standard InChI is InChI=1S/C15H22N6O/c1-20-7-13(17-9-20)11-5-21(6-12(11)16)8-14-18-15(19-22-14)10-3-2-4-10/h7,9-12H,2-6,8,16H2,1H3/t11-,12-/m1/s1. The minimum Gasteiger partial charge on any atom is -0.340 e. The SMILES string of the molecule is Cn1cnc([C@@H]2CN(Cc3nc(C4CCC4)no3)C[C@H]2N)c1. The number of hydrogen-bond donors (Lipinski definition) is 1. The van der Waals surface area contributed by atoms with Crippen molar-refractivity contribution in [1.29, 1.82) is 0 Å². The molecule has 1 aliphatic carbocycles. The zero-order valence-corrected chi connectivity index (χ0v) is 12.9. The number of nitrogens with two attached hydrogens (primary N) is 1. The van der Waals surface area contributed by atoms with E-state index in [2.05, 4.69) is 26.2 Å². The van der Waals surface area contributed by atoms with Crippen LogP contribution in [0.15, 0.2) is 17.0 Å². The number of imidazole rings is 1. The first-order valence-electron chi connectivity index (χ1n) is 7.97. The molecule has 2 fully saturated rings. The lowest BCUT2D eigenvalue weighted by molar-refractivity contribution is 0.262. The van der Waals surface area contributed by atoms with Crippen molar-refractivity contribution in [2.24, 2.45) is 12.8 Å². The molecular weight excluding hydrogens is 280 g/mol. The summed E-state index contributed by atoms with van der Waals surface area (Å²) in [7, 11) is 1.98. The summed E-state index contributed by atoms with van der Waals surface area (Å²) < 4.78 is 7.37. The average Bonchev–Trinajstić information content (AvgIpc) is 3.10. The monoisotopic (exact) mass is 302 g/mol. The molecule has 7 heteroatoms. The van der Waals surface area contributed by atoms with Gasteiger partial charge in [-0.3, -0.25) is 4.90 Å². The molecule has 2 aromatic rings. The summed E-state index contributed by atoms with van der Waals surface area (Å²) in [4.78, 5) is 11.3. The van der Waals surface area contributed by atoms with E-state index in [-0.39, 0.29) is 12.0 Å². The van der Waals surface area contributed by atoms with Gasteiger partial charge in [0.15, 0.2) is 5.82 Å². The fourth-order valence-electron chi connectivity index (χ4n) is 3.34. The maximum Gasteiger partial charge on any atom is 0.240 e. The molecule has 2 N–H and O–H groups in total. The Kier molecular flexibility index (Phi) is 3.46. The predicted octanol–water partition coefficient (Wildman–Crippen LogP) is 0.997. The van der Waals surface area contributed by atoms with Gasteiger partial charge in [0.05, 0.1) is 18.6 Å². The van der Waals surface area contributed by atoms with E-state index in [0.717, 1.165) is 24.6 Å². The van der Waals surface area contributed by atoms with Crippen LogP contribution in [0.25, 0.3) is 0 Å². The highest BCUT2D eigenvalue weighted by molar-refractivity contribution is 5.13. The van der Waals surface area contributed by atoms with Gasteiger partial charge in [0.1, 0.15) is 0 Å². The molecule has 0 spiro atoms. The first-order valence-corrected chi connectivity index (χ1v) is 7.97. The molecule has 1 saturated carbocycles. The number of aryl methyl sites for hydroxylation is 1. The first kappa shape index (κ1) is 13.9. The summed E-state index contributed by atoms with van der Waals surface area (Å²) in [5.41, 5.74) is 7.36. The second-order valence-electron chi connectivity index (χ2n) is 6.60. The Labute approximate surface area is 129 Å². The summed E-state index contributed by atoms with van der Waals surface area (Å²) in [6.07, 6.45) is 7.54. The van der Waals surface area contributed by atoms with Crippen LogP contribution in [0.5, 0.6) is 0 Å². The van der Waals surface area contributed by atoms with Gasteiger partial charge in [-0.1, -0.05) is 11.6 Å². The summed E-state index contributed by atoms with van der Waals surface area (Å²) in [5.74, 6) is 2.37. The third-order valence-electron chi connectivity index (χ3n) is 4.86. The maximum absolute atomic E-state index is 6.29. The van der Waals surface area contributed by atoms with Crippen molar-refractivity contribution in [3.05, 3.63) is 29.9 Å². The van der Waals surface area contributed by atoms with Gasteiger partial charge in [0, 0.05) is 44.2 Å². The third-order valence-corrected chi connectivity index (χ3v) is 4.86. The number of hydrogen-bond acceptors (Lipinski definition) is 6. The lowest BCUT2D eigenvalue weighted by Crippen LogP contribution is -2.28. The molecule has 0 aromatic carbocycles. The smallest absolute Gasteiger partial charge is 0.240 e. The second kappa shape index (κ2) is 5.48. The van der Waals surface area contributed by atoms with Crippen LogP contribution >= 0.6 is 0 Å². The van der Waals surface area contributed by atoms with Crippen molar-refractivity contribution in [1.82, 2.24) is 24.6 Å². The average molecular weight is 302 g/mol. The highest BCUT2D eigenvalue weighted by Crippen LogP contribution is 2.34. The Morgan fingerprint density at radius 1 is 1.36 bits per heavy atom. The lowest BCUT2D eigenvalue weighted by atomic mass is 9.85. The molecule has 22 heavy (non-hydrogen) atoms. The van der Waals surface area contributed by atoms with Crippen LogP contribution in [0.1, 0.15) is 48.5 Å². The maximum atomic E-state index is 6.29. The van der Waals surface area contributed by atoms with Crippen molar-refractivity contribution in [2.75, 3.05) is 13.1 Å². The van der Waals surface area contributed by atoms with Crippen LogP contribution in [0, 0.1) is 0 Å². The van der Waals surface area contributed by atoms with Crippen molar-refractivity contribution >= 4 is 0 Å². The fraction of sp³-hybridized carbons (Fsp3) is 0.667. The Bertz CT molecular complexity index is 646. The van der Waals surface area contributed by atoms with Crippen LogP contribution in [0.2, 0.25) is 0 Å². The van der Waals surface area contributed by atoms with Gasteiger partial charge in [0.2, 0.25) is 5.89 Å². The Balaban J connectivity index is 1.40. The Hall–Kier alpha value is -1.73. The predicted molar refractivity (Wildman–Crippen MR) is 80.1 cm³/mol. The zero-order valence-electron chi connectivity index (χ0n) is 12.9. The molecule has 2 aliphatic rings. The van der Waals surface area contributed by atoms with Crippen LogP contribution in [0.3, 0.4) is 0 Å². The largest absolute Gasteiger partial charge is 0.340 e. The van der Waals surface area contributed by atoms with Gasteiger partial charge in [-0.15, -0.1) is 0 Å². The van der Waals surface area contributed by atoms with Crippen LogP contribution in [0.4, 0.5) is 0 Å². The van der Waals surface area contributed by atoms with Crippen molar-refractivity contribution < 1.29 is 4.52 Å². The van der Waals surface area contributed by atoms with Crippen LogP contribution in [-0.2, 0) is 13.6 Å². The number of likely N-dealkylation sites (tertiary alicyclic amines) is 1. The van der Waals surface area contributed by atoms with E-state index in [9.17, 15) is 0 Å². The Morgan fingerprint density at radius 3 is 2.91 bits per heavy atom. The van der Waals surface area contributed by atoms with E-state index >= 15 is 0 Å². The van der Waals surface area contributed by atoms with Gasteiger partial charge < -0.3 is 14.8 Å². The van der Waals surface area contributed by atoms with E-state index in [1.807, 2.05) is 17.9 Å². The van der Waals surface area contributed by atoms with E-state index in [1.165, 1.54) is 19.3 Å². The topological polar surface area (TPSA) is 86.0 Å². The van der Waals surface area contributed by atoms with Gasteiger partial charge in [0.25, 0.3) is 0 Å². The van der Waals surface area contributed by atoms with E-state index in [1.54, 1.807) is 0 Å². The number of nitrogens with zero attached hydrogens (tertiary/aromatic N) is 5. The van der Waals surface area contributed by atoms with Crippen molar-refractivity contribution in [3.8, 4) is 0 Å². The molecule has 118 valence electrons. The normalized spacial score (nSPS) is 26.5. The summed E-state index contributed by atoms with van der Waals surface area (Å²) in [6.45, 7) is 2.40. The third kappa shape index (κ3) is 2.55. The minimum absolute atomic E-state index is 0.101. The zero-order chi connectivity index (χ0) is 15.1. The van der Waals surface area contributed by atoms with E-state index < -0.39 is 0 Å². The molecule has 0 bridgehead atoms. The molecule has 2 aromatic heterocycles. The van der Waals surface area contributed by atoms with Gasteiger partial charge in [-0.2, -0.15) is 4.98 Å². The van der Waals surface area contributed by atoms with E-state index in [0.29, 0.717) is 18.4 Å². The van der Waals surface area contributed by atoms with Crippen LogP contribution < -0.4 is 5.73 Å². The van der Waals surface area contributed by atoms with Gasteiger partial charge in [-0.05, 0) is 12.8 Å². The summed E-state index contributed by atoms with van der Waals surface area (Å²) in [5, 5.41) is 4.12. The molecule has 0 unspecified atom stereocenters. The molecule has 1 saturated heterocycles. The molecule has 3 heterocycles. The molecule has 2 atom stereocenters. The highest BCUT2D eigenvalue weighted by Gasteiger charge is 2.33. The summed E-state index contributed by atoms with van der Waals surface area (Å²) >= 11 is 0. The second-order valence-corrected chi connectivity index (χ2v) is 6.60. The van der Waals surface area contributed by atoms with Gasteiger partial charge >= 0.3 is 0 Å². The highest BCUT2D eigenvalue weighted by atomic mass is 16.5. The molecule has 7 nitrogen and oxygen atoms in total. The Morgan fingerprint density at radius 2 is 2.23 bits per heavy atom.